The minimum atomic E-state index is 0.175. The van der Waals surface area contributed by atoms with Gasteiger partial charge in [-0.2, -0.15) is 0 Å². The number of carbonyl (C=O) groups is 1. The van der Waals surface area contributed by atoms with Crippen LogP contribution >= 0.6 is 35.0 Å². The van der Waals surface area contributed by atoms with E-state index in [4.69, 9.17) is 23.2 Å². The Kier molecular flexibility index (Phi) is 4.22. The summed E-state index contributed by atoms with van der Waals surface area (Å²) in [5.41, 5.74) is 0.308. The van der Waals surface area contributed by atoms with Gasteiger partial charge in [0.1, 0.15) is 16.0 Å². The highest BCUT2D eigenvalue weighted by Crippen LogP contribution is 2.31. The van der Waals surface area contributed by atoms with E-state index in [9.17, 15) is 4.79 Å². The maximum Gasteiger partial charge on any atom is 0.155 e. The van der Waals surface area contributed by atoms with Crippen LogP contribution in [0.4, 0.5) is 0 Å². The van der Waals surface area contributed by atoms with Gasteiger partial charge in [-0.25, -0.2) is 9.97 Å². The second-order valence-electron chi connectivity index (χ2n) is 3.45. The predicted octanol–water partition coefficient (Wildman–Crippen LogP) is 4.06. The summed E-state index contributed by atoms with van der Waals surface area (Å²) in [5.74, 6) is 0.530. The molecule has 0 aliphatic rings. The van der Waals surface area contributed by atoms with Crippen LogP contribution in [0.15, 0.2) is 34.2 Å². The van der Waals surface area contributed by atoms with Crippen molar-refractivity contribution in [1.82, 2.24) is 9.97 Å². The molecule has 1 aromatic heterocycles. The van der Waals surface area contributed by atoms with Gasteiger partial charge in [0.05, 0.1) is 5.56 Å². The molecule has 92 valence electrons. The summed E-state index contributed by atoms with van der Waals surface area (Å²) in [6.45, 7) is 1.73. The van der Waals surface area contributed by atoms with Gasteiger partial charge in [-0.1, -0.05) is 35.0 Å². The Hall–Kier alpha value is -1.10. The van der Waals surface area contributed by atoms with Crippen molar-refractivity contribution in [2.45, 2.75) is 16.8 Å². The lowest BCUT2D eigenvalue weighted by atomic mass is 10.4. The zero-order valence-electron chi connectivity index (χ0n) is 9.35. The molecule has 3 nitrogen and oxygen atoms in total. The first-order valence-electron chi connectivity index (χ1n) is 5.03. The SMILES string of the molecule is Cc1nc(Cl)c(C=O)c(Sc2ccc(Cl)cc2)n1. The first kappa shape index (κ1) is 13.3. The molecule has 0 amide bonds. The Morgan fingerprint density at radius 2 is 1.83 bits per heavy atom. The zero-order valence-corrected chi connectivity index (χ0v) is 11.7. The molecule has 2 aromatic rings. The van der Waals surface area contributed by atoms with Gasteiger partial charge in [0.2, 0.25) is 0 Å². The van der Waals surface area contributed by atoms with Crippen molar-refractivity contribution < 1.29 is 4.79 Å². The number of aldehydes is 1. The number of carbonyl (C=O) groups excluding carboxylic acids is 1. The number of rotatable bonds is 3. The van der Waals surface area contributed by atoms with Gasteiger partial charge < -0.3 is 0 Å². The molecule has 2 rings (SSSR count). The standard InChI is InChI=1S/C12H8Cl2N2OS/c1-7-15-11(14)10(6-17)12(16-7)18-9-4-2-8(13)3-5-9/h2-6H,1H3. The maximum atomic E-state index is 11.0. The number of aryl methyl sites for hydroxylation is 1. The molecule has 0 unspecified atom stereocenters. The number of hydrogen-bond acceptors (Lipinski definition) is 4. The molecule has 0 saturated heterocycles. The fourth-order valence-electron chi connectivity index (χ4n) is 1.31. The Bertz CT molecular complexity index is 587. The monoisotopic (exact) mass is 298 g/mol. The summed E-state index contributed by atoms with van der Waals surface area (Å²) in [7, 11) is 0. The van der Waals surface area contributed by atoms with E-state index in [0.29, 0.717) is 27.7 Å². The number of aromatic nitrogens is 2. The largest absolute Gasteiger partial charge is 0.298 e. The van der Waals surface area contributed by atoms with E-state index in [1.807, 2.05) is 12.1 Å². The average Bonchev–Trinajstić information content (AvgIpc) is 2.32. The summed E-state index contributed by atoms with van der Waals surface area (Å²) in [5, 5.41) is 1.38. The third-order valence-corrected chi connectivity index (χ3v) is 3.67. The molecule has 18 heavy (non-hydrogen) atoms. The van der Waals surface area contributed by atoms with Crippen molar-refractivity contribution in [3.63, 3.8) is 0 Å². The Morgan fingerprint density at radius 1 is 1.17 bits per heavy atom. The Morgan fingerprint density at radius 3 is 2.44 bits per heavy atom. The second kappa shape index (κ2) is 5.69. The topological polar surface area (TPSA) is 42.9 Å². The van der Waals surface area contributed by atoms with E-state index in [0.717, 1.165) is 4.90 Å². The molecule has 0 N–H and O–H groups in total. The van der Waals surface area contributed by atoms with Crippen LogP contribution < -0.4 is 0 Å². The van der Waals surface area contributed by atoms with E-state index in [2.05, 4.69) is 9.97 Å². The van der Waals surface area contributed by atoms with E-state index in [1.54, 1.807) is 19.1 Å². The van der Waals surface area contributed by atoms with Crippen LogP contribution in [0.5, 0.6) is 0 Å². The third kappa shape index (κ3) is 3.02. The maximum absolute atomic E-state index is 11.0. The molecule has 0 atom stereocenters. The third-order valence-electron chi connectivity index (χ3n) is 2.12. The van der Waals surface area contributed by atoms with Crippen molar-refractivity contribution >= 4 is 41.2 Å². The van der Waals surface area contributed by atoms with Gasteiger partial charge in [0.15, 0.2) is 6.29 Å². The number of hydrogen-bond donors (Lipinski definition) is 0. The van der Waals surface area contributed by atoms with Crippen molar-refractivity contribution in [3.8, 4) is 0 Å². The van der Waals surface area contributed by atoms with Crippen LogP contribution in [0.1, 0.15) is 16.2 Å². The molecule has 0 aliphatic heterocycles. The summed E-state index contributed by atoms with van der Waals surface area (Å²) in [6.07, 6.45) is 0.667. The lowest BCUT2D eigenvalue weighted by Crippen LogP contribution is -1.98. The van der Waals surface area contributed by atoms with E-state index in [1.165, 1.54) is 11.8 Å². The highest BCUT2D eigenvalue weighted by molar-refractivity contribution is 7.99. The van der Waals surface area contributed by atoms with Crippen LogP contribution in [-0.4, -0.2) is 16.3 Å². The van der Waals surface area contributed by atoms with Gasteiger partial charge >= 0.3 is 0 Å². The smallest absolute Gasteiger partial charge is 0.155 e. The molecule has 0 spiro atoms. The van der Waals surface area contributed by atoms with Crippen molar-refractivity contribution in [2.75, 3.05) is 0 Å². The molecular weight excluding hydrogens is 291 g/mol. The molecule has 0 radical (unpaired) electrons. The van der Waals surface area contributed by atoms with Crippen molar-refractivity contribution in [3.05, 3.63) is 45.8 Å². The molecular formula is C12H8Cl2N2OS. The first-order chi connectivity index (χ1) is 8.60. The number of halogens is 2. The van der Waals surface area contributed by atoms with E-state index in [-0.39, 0.29) is 5.15 Å². The highest BCUT2D eigenvalue weighted by Gasteiger charge is 2.12. The zero-order chi connectivity index (χ0) is 13.1. The summed E-state index contributed by atoms with van der Waals surface area (Å²) in [6, 6.07) is 7.26. The lowest BCUT2D eigenvalue weighted by Gasteiger charge is -2.06. The second-order valence-corrected chi connectivity index (χ2v) is 5.31. The number of nitrogens with zero attached hydrogens (tertiary/aromatic N) is 2. The molecule has 6 heteroatoms. The summed E-state index contributed by atoms with van der Waals surface area (Å²) < 4.78 is 0. The van der Waals surface area contributed by atoms with Crippen LogP contribution in [0, 0.1) is 6.92 Å². The van der Waals surface area contributed by atoms with Gasteiger partial charge in [0, 0.05) is 9.92 Å². The summed E-state index contributed by atoms with van der Waals surface area (Å²) >= 11 is 13.1. The lowest BCUT2D eigenvalue weighted by molar-refractivity contribution is 0.112. The van der Waals surface area contributed by atoms with Crippen molar-refractivity contribution in [2.24, 2.45) is 0 Å². The Labute approximate surface area is 119 Å². The van der Waals surface area contributed by atoms with Crippen LogP contribution in [0.3, 0.4) is 0 Å². The molecule has 0 bridgehead atoms. The van der Waals surface area contributed by atoms with E-state index >= 15 is 0 Å². The fraction of sp³-hybridized carbons (Fsp3) is 0.0833. The van der Waals surface area contributed by atoms with Crippen molar-refractivity contribution in [1.29, 1.82) is 0 Å². The molecule has 1 heterocycles. The predicted molar refractivity (Wildman–Crippen MR) is 72.7 cm³/mol. The molecule has 0 fully saturated rings. The minimum absolute atomic E-state index is 0.175. The normalized spacial score (nSPS) is 10.4. The van der Waals surface area contributed by atoms with Crippen LogP contribution in [-0.2, 0) is 0 Å². The fourth-order valence-corrected chi connectivity index (χ4v) is 2.68. The van der Waals surface area contributed by atoms with Gasteiger partial charge in [0.25, 0.3) is 0 Å². The number of benzene rings is 1. The van der Waals surface area contributed by atoms with E-state index < -0.39 is 0 Å². The summed E-state index contributed by atoms with van der Waals surface area (Å²) in [4.78, 5) is 20.1. The molecule has 0 aliphatic carbocycles. The quantitative estimate of drug-likeness (QED) is 0.633. The van der Waals surface area contributed by atoms with Crippen LogP contribution in [0.25, 0.3) is 0 Å². The van der Waals surface area contributed by atoms with Gasteiger partial charge in [-0.15, -0.1) is 0 Å². The average molecular weight is 299 g/mol. The van der Waals surface area contributed by atoms with Crippen LogP contribution in [0.2, 0.25) is 10.2 Å². The first-order valence-corrected chi connectivity index (χ1v) is 6.60. The van der Waals surface area contributed by atoms with Gasteiger partial charge in [-0.05, 0) is 31.2 Å². The molecule has 1 aromatic carbocycles. The highest BCUT2D eigenvalue weighted by atomic mass is 35.5. The van der Waals surface area contributed by atoms with Gasteiger partial charge in [-0.3, -0.25) is 4.79 Å². The Balaban J connectivity index is 2.39. The molecule has 0 saturated carbocycles. The minimum Gasteiger partial charge on any atom is -0.298 e.